The van der Waals surface area contributed by atoms with Crippen LogP contribution in [0.25, 0.3) is 0 Å². The fourth-order valence-corrected chi connectivity index (χ4v) is 3.17. The van der Waals surface area contributed by atoms with Crippen molar-refractivity contribution in [3.63, 3.8) is 0 Å². The van der Waals surface area contributed by atoms with Gasteiger partial charge in [0.2, 0.25) is 5.91 Å². The molecule has 114 valence electrons. The van der Waals surface area contributed by atoms with Crippen molar-refractivity contribution in [1.29, 1.82) is 0 Å². The molecule has 0 spiro atoms. The quantitative estimate of drug-likeness (QED) is 0.911. The highest BCUT2D eigenvalue weighted by Gasteiger charge is 2.22. The van der Waals surface area contributed by atoms with E-state index in [4.69, 9.17) is 0 Å². The number of nitrogens with zero attached hydrogens (tertiary/aromatic N) is 1. The molecule has 0 bridgehead atoms. The predicted octanol–water partition coefficient (Wildman–Crippen LogP) is 3.02. The van der Waals surface area contributed by atoms with Crippen LogP contribution in [0.3, 0.4) is 0 Å². The summed E-state index contributed by atoms with van der Waals surface area (Å²) >= 11 is 0. The minimum atomic E-state index is -0.107. The number of aryl methyl sites for hydroxylation is 1. The van der Waals surface area contributed by atoms with Gasteiger partial charge in [-0.2, -0.15) is 0 Å². The van der Waals surface area contributed by atoms with Gasteiger partial charge in [-0.1, -0.05) is 24.3 Å². The van der Waals surface area contributed by atoms with Crippen LogP contribution >= 0.6 is 0 Å². The molecule has 0 saturated carbocycles. The molecule has 0 radical (unpaired) electrons. The maximum absolute atomic E-state index is 12.3. The van der Waals surface area contributed by atoms with E-state index in [0.717, 1.165) is 19.3 Å². The van der Waals surface area contributed by atoms with Crippen molar-refractivity contribution in [2.24, 2.45) is 0 Å². The van der Waals surface area contributed by atoms with Crippen LogP contribution in [-0.4, -0.2) is 16.0 Å². The molecule has 2 aromatic rings. The van der Waals surface area contributed by atoms with Crippen LogP contribution in [0.1, 0.15) is 41.9 Å². The first-order valence-electron chi connectivity index (χ1n) is 7.69. The van der Waals surface area contributed by atoms with E-state index < -0.39 is 0 Å². The second-order valence-electron chi connectivity index (χ2n) is 5.73. The Balaban J connectivity index is 1.70. The number of aliphatic hydroxyl groups is 1. The van der Waals surface area contributed by atoms with Gasteiger partial charge in [-0.3, -0.25) is 9.78 Å². The van der Waals surface area contributed by atoms with Gasteiger partial charge in [0.1, 0.15) is 0 Å². The van der Waals surface area contributed by atoms with E-state index in [-0.39, 0.29) is 18.4 Å². The average Bonchev–Trinajstić information content (AvgIpc) is 2.55. The molecular weight excluding hydrogens is 276 g/mol. The molecule has 0 aliphatic heterocycles. The Morgan fingerprint density at radius 2 is 2.18 bits per heavy atom. The Hall–Kier alpha value is -2.20. The monoisotopic (exact) mass is 296 g/mol. The van der Waals surface area contributed by atoms with E-state index in [9.17, 15) is 9.90 Å². The Labute approximate surface area is 130 Å². The summed E-state index contributed by atoms with van der Waals surface area (Å²) in [5, 5.41) is 12.2. The molecule has 3 rings (SSSR count). The number of aliphatic hydroxyl groups excluding tert-OH is 1. The number of benzene rings is 1. The molecule has 0 fully saturated rings. The third-order valence-electron chi connectivity index (χ3n) is 4.28. The van der Waals surface area contributed by atoms with Crippen LogP contribution in [0.5, 0.6) is 0 Å². The van der Waals surface area contributed by atoms with Gasteiger partial charge < -0.3 is 10.4 Å². The van der Waals surface area contributed by atoms with Gasteiger partial charge in [0.15, 0.2) is 0 Å². The molecule has 4 heteroatoms. The third-order valence-corrected chi connectivity index (χ3v) is 4.28. The van der Waals surface area contributed by atoms with Crippen LogP contribution in [0.2, 0.25) is 0 Å². The van der Waals surface area contributed by atoms with E-state index in [1.54, 1.807) is 18.5 Å². The fraction of sp³-hybridized carbons (Fsp3) is 0.333. The Morgan fingerprint density at radius 3 is 3.05 bits per heavy atom. The van der Waals surface area contributed by atoms with Gasteiger partial charge in [0.25, 0.3) is 0 Å². The van der Waals surface area contributed by atoms with E-state index in [1.807, 2.05) is 6.07 Å². The summed E-state index contributed by atoms with van der Waals surface area (Å²) in [4.78, 5) is 16.3. The summed E-state index contributed by atoms with van der Waals surface area (Å²) in [5.74, 6) is 0.253. The molecule has 1 aliphatic rings. The maximum Gasteiger partial charge on any atom is 0.225 e. The number of hydrogen-bond acceptors (Lipinski definition) is 3. The first kappa shape index (κ1) is 14.7. The zero-order valence-electron chi connectivity index (χ0n) is 12.5. The Kier molecular flexibility index (Phi) is 4.49. The van der Waals surface area contributed by atoms with Gasteiger partial charge in [-0.25, -0.2) is 0 Å². The topological polar surface area (TPSA) is 62.2 Å². The zero-order valence-corrected chi connectivity index (χ0v) is 12.5. The average molecular weight is 296 g/mol. The molecule has 1 unspecified atom stereocenters. The fourth-order valence-electron chi connectivity index (χ4n) is 3.17. The molecule has 1 heterocycles. The van der Waals surface area contributed by atoms with E-state index in [1.165, 1.54) is 11.1 Å². The third kappa shape index (κ3) is 3.17. The summed E-state index contributed by atoms with van der Waals surface area (Å²) in [6.45, 7) is -0.107. The highest BCUT2D eigenvalue weighted by molar-refractivity contribution is 5.91. The number of carbonyl (C=O) groups is 1. The number of carbonyl (C=O) groups excluding carboxylic acids is 1. The minimum absolute atomic E-state index is 0.0237. The van der Waals surface area contributed by atoms with Crippen LogP contribution in [0.15, 0.2) is 42.7 Å². The first-order chi connectivity index (χ1) is 10.8. The van der Waals surface area contributed by atoms with Crippen molar-refractivity contribution in [3.8, 4) is 0 Å². The molecule has 0 saturated heterocycles. The minimum Gasteiger partial charge on any atom is -0.392 e. The van der Waals surface area contributed by atoms with Gasteiger partial charge >= 0.3 is 0 Å². The lowest BCUT2D eigenvalue weighted by Gasteiger charge is -2.25. The normalized spacial score (nSPS) is 16.9. The summed E-state index contributed by atoms with van der Waals surface area (Å²) in [6, 6.07) is 10.1. The second-order valence-corrected chi connectivity index (χ2v) is 5.73. The number of amides is 1. The summed E-state index contributed by atoms with van der Waals surface area (Å²) in [7, 11) is 0. The van der Waals surface area contributed by atoms with E-state index in [0.29, 0.717) is 17.7 Å². The number of fused-ring (bicyclic) bond motifs is 1. The maximum atomic E-state index is 12.3. The van der Waals surface area contributed by atoms with Gasteiger partial charge in [0, 0.05) is 18.2 Å². The summed E-state index contributed by atoms with van der Waals surface area (Å²) in [5.41, 5.74) is 3.95. The SMILES string of the molecule is O=C(CC1CCCc2ccccc21)Nc1cnccc1CO. The predicted molar refractivity (Wildman–Crippen MR) is 85.5 cm³/mol. The van der Waals surface area contributed by atoms with Crippen LogP contribution in [0, 0.1) is 0 Å². The molecule has 4 nitrogen and oxygen atoms in total. The molecule has 2 N–H and O–H groups in total. The largest absolute Gasteiger partial charge is 0.392 e. The molecule has 1 aliphatic carbocycles. The molecular formula is C18H20N2O2. The number of pyridine rings is 1. The number of hydrogen-bond donors (Lipinski definition) is 2. The summed E-state index contributed by atoms with van der Waals surface area (Å²) < 4.78 is 0. The zero-order chi connectivity index (χ0) is 15.4. The standard InChI is InChI=1S/C18H20N2O2/c21-12-15-8-9-19-11-17(15)20-18(22)10-14-6-3-5-13-4-1-2-7-16(13)14/h1-2,4,7-9,11,14,21H,3,5-6,10,12H2,(H,20,22). The molecule has 1 aromatic carbocycles. The molecule has 1 amide bonds. The Bertz CT molecular complexity index is 670. The van der Waals surface area contributed by atoms with Crippen molar-refractivity contribution >= 4 is 11.6 Å². The number of nitrogens with one attached hydrogen (secondary N) is 1. The van der Waals surface area contributed by atoms with Gasteiger partial charge in [-0.15, -0.1) is 0 Å². The lowest BCUT2D eigenvalue weighted by atomic mass is 9.81. The van der Waals surface area contributed by atoms with Crippen molar-refractivity contribution in [1.82, 2.24) is 4.98 Å². The van der Waals surface area contributed by atoms with Crippen LogP contribution in [-0.2, 0) is 17.8 Å². The first-order valence-corrected chi connectivity index (χ1v) is 7.69. The second kappa shape index (κ2) is 6.71. The number of aromatic nitrogens is 1. The van der Waals surface area contributed by atoms with Crippen molar-refractivity contribution in [2.75, 3.05) is 5.32 Å². The van der Waals surface area contributed by atoms with Crippen molar-refractivity contribution < 1.29 is 9.90 Å². The molecule has 1 aromatic heterocycles. The van der Waals surface area contributed by atoms with E-state index >= 15 is 0 Å². The Morgan fingerprint density at radius 1 is 1.32 bits per heavy atom. The van der Waals surface area contributed by atoms with Crippen molar-refractivity contribution in [3.05, 3.63) is 59.4 Å². The molecule has 22 heavy (non-hydrogen) atoms. The van der Waals surface area contributed by atoms with Crippen LogP contribution in [0.4, 0.5) is 5.69 Å². The van der Waals surface area contributed by atoms with Crippen LogP contribution < -0.4 is 5.32 Å². The number of rotatable bonds is 4. The number of anilines is 1. The highest BCUT2D eigenvalue weighted by Crippen LogP contribution is 2.34. The van der Waals surface area contributed by atoms with Gasteiger partial charge in [0.05, 0.1) is 18.5 Å². The highest BCUT2D eigenvalue weighted by atomic mass is 16.3. The van der Waals surface area contributed by atoms with E-state index in [2.05, 4.69) is 28.5 Å². The summed E-state index contributed by atoms with van der Waals surface area (Å²) in [6.07, 6.45) is 6.94. The smallest absolute Gasteiger partial charge is 0.225 e. The lowest BCUT2D eigenvalue weighted by molar-refractivity contribution is -0.116. The van der Waals surface area contributed by atoms with Crippen molar-refractivity contribution in [2.45, 2.75) is 38.2 Å². The lowest BCUT2D eigenvalue weighted by Crippen LogP contribution is -2.19. The van der Waals surface area contributed by atoms with Gasteiger partial charge in [-0.05, 0) is 42.4 Å². The molecule has 1 atom stereocenters.